The second-order valence-corrected chi connectivity index (χ2v) is 5.88. The summed E-state index contributed by atoms with van der Waals surface area (Å²) in [5, 5.41) is 0.719. The van der Waals surface area contributed by atoms with Gasteiger partial charge in [0.2, 0.25) is 0 Å². The third kappa shape index (κ3) is 4.76. The molecule has 2 aromatic carbocycles. The molecule has 112 valence electrons. The molecule has 2 aromatic rings. The highest BCUT2D eigenvalue weighted by Crippen LogP contribution is 2.24. The molecule has 2 nitrogen and oxygen atoms in total. The van der Waals surface area contributed by atoms with Gasteiger partial charge in [0, 0.05) is 11.1 Å². The zero-order chi connectivity index (χ0) is 15.2. The van der Waals surface area contributed by atoms with E-state index in [0.717, 1.165) is 35.6 Å². The van der Waals surface area contributed by atoms with Gasteiger partial charge >= 0.3 is 0 Å². The molecule has 0 saturated carbocycles. The Bertz CT molecular complexity index is 580. The van der Waals surface area contributed by atoms with Crippen molar-refractivity contribution in [2.24, 2.45) is 5.73 Å². The van der Waals surface area contributed by atoms with Crippen LogP contribution in [0.4, 0.5) is 0 Å². The van der Waals surface area contributed by atoms with Crippen molar-refractivity contribution in [3.05, 3.63) is 64.2 Å². The molecule has 0 spiro atoms. The number of hydrogen-bond acceptors (Lipinski definition) is 2. The van der Waals surface area contributed by atoms with Crippen LogP contribution < -0.4 is 10.5 Å². The Hall–Kier alpha value is -1.51. The Morgan fingerprint density at radius 2 is 1.86 bits per heavy atom. The first-order chi connectivity index (χ1) is 10.1. The summed E-state index contributed by atoms with van der Waals surface area (Å²) in [6.07, 6.45) is 2.71. The maximum absolute atomic E-state index is 6.26. The molecule has 0 amide bonds. The summed E-state index contributed by atoms with van der Waals surface area (Å²) in [6, 6.07) is 14.4. The first-order valence-electron chi connectivity index (χ1n) is 7.22. The van der Waals surface area contributed by atoms with Gasteiger partial charge in [0.05, 0.1) is 7.11 Å². The predicted octanol–water partition coefficient (Wildman–Crippen LogP) is 4.16. The Labute approximate surface area is 131 Å². The fourth-order valence-corrected chi connectivity index (χ4v) is 2.59. The van der Waals surface area contributed by atoms with Crippen molar-refractivity contribution >= 4 is 11.6 Å². The van der Waals surface area contributed by atoms with Gasteiger partial charge in [-0.2, -0.15) is 0 Å². The molecule has 21 heavy (non-hydrogen) atoms. The quantitative estimate of drug-likeness (QED) is 0.869. The summed E-state index contributed by atoms with van der Waals surface area (Å²) in [7, 11) is 1.67. The van der Waals surface area contributed by atoms with E-state index < -0.39 is 0 Å². The summed E-state index contributed by atoms with van der Waals surface area (Å²) in [5.74, 6) is 0.852. The van der Waals surface area contributed by atoms with E-state index in [4.69, 9.17) is 22.1 Å². The van der Waals surface area contributed by atoms with Gasteiger partial charge in [0.25, 0.3) is 0 Å². The molecule has 3 heteroatoms. The fourth-order valence-electron chi connectivity index (χ4n) is 2.40. The van der Waals surface area contributed by atoms with Crippen LogP contribution in [0.1, 0.15) is 23.1 Å². The lowest BCUT2D eigenvalue weighted by Crippen LogP contribution is -2.23. The summed E-state index contributed by atoms with van der Waals surface area (Å²) < 4.78 is 5.36. The molecule has 0 fully saturated rings. The lowest BCUT2D eigenvalue weighted by molar-refractivity contribution is 0.407. The van der Waals surface area contributed by atoms with E-state index in [9.17, 15) is 0 Å². The van der Waals surface area contributed by atoms with Crippen molar-refractivity contribution in [3.63, 3.8) is 0 Å². The molecule has 0 aliphatic heterocycles. The molecule has 0 saturated heterocycles. The van der Waals surface area contributed by atoms with Gasteiger partial charge in [0.15, 0.2) is 0 Å². The van der Waals surface area contributed by atoms with Gasteiger partial charge in [-0.1, -0.05) is 41.4 Å². The van der Waals surface area contributed by atoms with Gasteiger partial charge < -0.3 is 10.5 Å². The van der Waals surface area contributed by atoms with E-state index >= 15 is 0 Å². The molecule has 0 aliphatic carbocycles. The minimum atomic E-state index is 0.0960. The molecular formula is C18H22ClNO. The van der Waals surface area contributed by atoms with Crippen LogP contribution in [-0.2, 0) is 12.8 Å². The highest BCUT2D eigenvalue weighted by Gasteiger charge is 2.10. The average Bonchev–Trinajstić information content (AvgIpc) is 2.47. The molecule has 0 heterocycles. The number of hydrogen-bond donors (Lipinski definition) is 1. The molecule has 1 unspecified atom stereocenters. The maximum Gasteiger partial charge on any atom is 0.122 e. The van der Waals surface area contributed by atoms with Gasteiger partial charge in [-0.15, -0.1) is 0 Å². The van der Waals surface area contributed by atoms with Gasteiger partial charge in [0.1, 0.15) is 5.75 Å². The zero-order valence-electron chi connectivity index (χ0n) is 12.6. The van der Waals surface area contributed by atoms with Crippen molar-refractivity contribution in [1.82, 2.24) is 0 Å². The summed E-state index contributed by atoms with van der Waals surface area (Å²) in [4.78, 5) is 0. The average molecular weight is 304 g/mol. The number of aryl methyl sites for hydroxylation is 2. The van der Waals surface area contributed by atoms with E-state index in [1.54, 1.807) is 7.11 Å². The molecule has 2 N–H and O–H groups in total. The molecule has 0 bridgehead atoms. The Morgan fingerprint density at radius 1 is 1.14 bits per heavy atom. The van der Waals surface area contributed by atoms with Crippen molar-refractivity contribution < 1.29 is 4.74 Å². The number of halogens is 1. The summed E-state index contributed by atoms with van der Waals surface area (Å²) >= 11 is 6.05. The highest BCUT2D eigenvalue weighted by atomic mass is 35.5. The van der Waals surface area contributed by atoms with Gasteiger partial charge in [-0.25, -0.2) is 0 Å². The number of methoxy groups -OCH3 is 1. The lowest BCUT2D eigenvalue weighted by Gasteiger charge is -2.14. The topological polar surface area (TPSA) is 35.2 Å². The van der Waals surface area contributed by atoms with Crippen LogP contribution in [0.3, 0.4) is 0 Å². The van der Waals surface area contributed by atoms with Gasteiger partial charge in [-0.05, 0) is 55.5 Å². The monoisotopic (exact) mass is 303 g/mol. The van der Waals surface area contributed by atoms with Gasteiger partial charge in [-0.3, -0.25) is 0 Å². The highest BCUT2D eigenvalue weighted by molar-refractivity contribution is 6.30. The van der Waals surface area contributed by atoms with E-state index in [1.165, 1.54) is 11.1 Å². The zero-order valence-corrected chi connectivity index (χ0v) is 13.4. The van der Waals surface area contributed by atoms with Crippen LogP contribution in [0.2, 0.25) is 5.02 Å². The van der Waals surface area contributed by atoms with Crippen molar-refractivity contribution in [3.8, 4) is 5.75 Å². The number of benzene rings is 2. The minimum Gasteiger partial charge on any atom is -0.496 e. The third-order valence-electron chi connectivity index (χ3n) is 3.65. The summed E-state index contributed by atoms with van der Waals surface area (Å²) in [6.45, 7) is 2.10. The smallest absolute Gasteiger partial charge is 0.122 e. The van der Waals surface area contributed by atoms with Crippen LogP contribution in [0.25, 0.3) is 0 Å². The number of ether oxygens (including phenoxy) is 1. The van der Waals surface area contributed by atoms with Crippen molar-refractivity contribution in [2.75, 3.05) is 7.11 Å². The molecule has 0 radical (unpaired) electrons. The Balaban J connectivity index is 1.94. The molecule has 0 aliphatic rings. The predicted molar refractivity (Wildman–Crippen MR) is 89.2 cm³/mol. The van der Waals surface area contributed by atoms with Crippen LogP contribution in [-0.4, -0.2) is 13.2 Å². The molecular weight excluding hydrogens is 282 g/mol. The first-order valence-corrected chi connectivity index (χ1v) is 7.60. The van der Waals surface area contributed by atoms with E-state index in [-0.39, 0.29) is 6.04 Å². The SMILES string of the molecule is COc1ccc(Cl)cc1CC(N)CCc1ccc(C)cc1. The number of nitrogens with two attached hydrogens (primary N) is 1. The second-order valence-electron chi connectivity index (χ2n) is 5.44. The van der Waals surface area contributed by atoms with E-state index in [1.807, 2.05) is 18.2 Å². The Kier molecular flexibility index (Phi) is 5.66. The fraction of sp³-hybridized carbons (Fsp3) is 0.333. The number of rotatable bonds is 6. The molecule has 0 aromatic heterocycles. The summed E-state index contributed by atoms with van der Waals surface area (Å²) in [5.41, 5.74) is 9.94. The van der Waals surface area contributed by atoms with Crippen molar-refractivity contribution in [2.45, 2.75) is 32.2 Å². The molecule has 1 atom stereocenters. The Morgan fingerprint density at radius 3 is 2.52 bits per heavy atom. The normalized spacial score (nSPS) is 12.2. The third-order valence-corrected chi connectivity index (χ3v) is 3.88. The maximum atomic E-state index is 6.26. The molecule has 2 rings (SSSR count). The van der Waals surface area contributed by atoms with E-state index in [2.05, 4.69) is 31.2 Å². The van der Waals surface area contributed by atoms with Crippen molar-refractivity contribution in [1.29, 1.82) is 0 Å². The van der Waals surface area contributed by atoms with E-state index in [0.29, 0.717) is 0 Å². The minimum absolute atomic E-state index is 0.0960. The lowest BCUT2D eigenvalue weighted by atomic mass is 9.99. The standard InChI is InChI=1S/C18H22ClNO/c1-13-3-5-14(6-4-13)7-9-17(20)12-15-11-16(19)8-10-18(15)21-2/h3-6,8,10-11,17H,7,9,12,20H2,1-2H3. The van der Waals surface area contributed by atoms with Crippen LogP contribution in [0.5, 0.6) is 5.75 Å². The van der Waals surface area contributed by atoms with Crippen LogP contribution in [0.15, 0.2) is 42.5 Å². The second kappa shape index (κ2) is 7.48. The van der Waals surface area contributed by atoms with Crippen LogP contribution >= 0.6 is 11.6 Å². The first kappa shape index (κ1) is 15.9. The largest absolute Gasteiger partial charge is 0.496 e. The van der Waals surface area contributed by atoms with Crippen LogP contribution in [0, 0.1) is 6.92 Å².